The number of hydrogen-bond donors (Lipinski definition) is 0. The topological polar surface area (TPSA) is 27.0 Å². The second kappa shape index (κ2) is 5.12. The molecular formula is C16H20N2. The number of rotatable bonds is 2. The summed E-state index contributed by atoms with van der Waals surface area (Å²) in [6.07, 6.45) is 7.01. The van der Waals surface area contributed by atoms with Crippen molar-refractivity contribution in [1.82, 2.24) is 4.90 Å². The standard InChI is InChI=1S/C16H20N2/c17-11-13-4-3-5-14(10-13)12-18-9-8-15-6-1-2-7-16(15)18/h3-5,10,15-16H,1-2,6-9,12H2. The molecule has 1 aliphatic heterocycles. The first-order chi connectivity index (χ1) is 8.86. The third-order valence-corrected chi connectivity index (χ3v) is 4.57. The molecule has 94 valence electrons. The molecule has 2 atom stereocenters. The number of hydrogen-bond acceptors (Lipinski definition) is 2. The molecule has 0 spiro atoms. The van der Waals surface area contributed by atoms with E-state index in [1.165, 1.54) is 44.2 Å². The predicted octanol–water partition coefficient (Wildman–Crippen LogP) is 3.32. The molecule has 2 aliphatic rings. The van der Waals surface area contributed by atoms with Gasteiger partial charge in [0.25, 0.3) is 0 Å². The van der Waals surface area contributed by atoms with E-state index < -0.39 is 0 Å². The van der Waals surface area contributed by atoms with E-state index in [0.717, 1.165) is 24.1 Å². The summed E-state index contributed by atoms with van der Waals surface area (Å²) < 4.78 is 0. The van der Waals surface area contributed by atoms with Gasteiger partial charge in [-0.05, 0) is 49.4 Å². The van der Waals surface area contributed by atoms with Crippen molar-refractivity contribution < 1.29 is 0 Å². The summed E-state index contributed by atoms with van der Waals surface area (Å²) in [6.45, 7) is 2.27. The Balaban J connectivity index is 1.71. The smallest absolute Gasteiger partial charge is 0.0991 e. The first-order valence-corrected chi connectivity index (χ1v) is 7.10. The largest absolute Gasteiger partial charge is 0.296 e. The maximum absolute atomic E-state index is 8.95. The number of nitriles is 1. The molecule has 2 unspecified atom stereocenters. The highest BCUT2D eigenvalue weighted by molar-refractivity contribution is 5.32. The first-order valence-electron chi connectivity index (χ1n) is 7.10. The SMILES string of the molecule is N#Cc1cccc(CN2CCC3CCCCC32)c1. The van der Waals surface area contributed by atoms with Crippen LogP contribution >= 0.6 is 0 Å². The van der Waals surface area contributed by atoms with E-state index in [1.54, 1.807) is 0 Å². The molecule has 0 amide bonds. The highest BCUT2D eigenvalue weighted by Crippen LogP contribution is 2.36. The summed E-state index contributed by atoms with van der Waals surface area (Å²) >= 11 is 0. The van der Waals surface area contributed by atoms with Crippen LogP contribution in [0, 0.1) is 17.2 Å². The van der Waals surface area contributed by atoms with Gasteiger partial charge in [0.15, 0.2) is 0 Å². The molecule has 0 aromatic heterocycles. The molecule has 18 heavy (non-hydrogen) atoms. The monoisotopic (exact) mass is 240 g/mol. The van der Waals surface area contributed by atoms with E-state index >= 15 is 0 Å². The molecule has 0 radical (unpaired) electrons. The Hall–Kier alpha value is -1.33. The zero-order chi connectivity index (χ0) is 12.4. The number of nitrogens with zero attached hydrogens (tertiary/aromatic N) is 2. The van der Waals surface area contributed by atoms with Crippen LogP contribution in [0.3, 0.4) is 0 Å². The van der Waals surface area contributed by atoms with Crippen molar-refractivity contribution in [2.24, 2.45) is 5.92 Å². The third-order valence-electron chi connectivity index (χ3n) is 4.57. The Labute approximate surface area is 109 Å². The van der Waals surface area contributed by atoms with Crippen LogP contribution in [-0.2, 0) is 6.54 Å². The molecule has 1 aliphatic carbocycles. The van der Waals surface area contributed by atoms with E-state index in [4.69, 9.17) is 5.26 Å². The lowest BCUT2D eigenvalue weighted by atomic mass is 9.85. The zero-order valence-electron chi connectivity index (χ0n) is 10.8. The van der Waals surface area contributed by atoms with Crippen LogP contribution in [0.5, 0.6) is 0 Å². The highest BCUT2D eigenvalue weighted by Gasteiger charge is 2.35. The second-order valence-corrected chi connectivity index (χ2v) is 5.68. The van der Waals surface area contributed by atoms with Crippen molar-refractivity contribution in [2.75, 3.05) is 6.54 Å². The maximum Gasteiger partial charge on any atom is 0.0991 e. The average Bonchev–Trinajstić information content (AvgIpc) is 2.83. The molecule has 2 heteroatoms. The molecule has 1 saturated carbocycles. The van der Waals surface area contributed by atoms with Crippen molar-refractivity contribution in [2.45, 2.75) is 44.7 Å². The molecule has 1 aromatic rings. The molecule has 0 N–H and O–H groups in total. The van der Waals surface area contributed by atoms with Gasteiger partial charge in [-0.2, -0.15) is 5.26 Å². The Morgan fingerprint density at radius 2 is 2.11 bits per heavy atom. The predicted molar refractivity (Wildman–Crippen MR) is 71.9 cm³/mol. The lowest BCUT2D eigenvalue weighted by Gasteiger charge is -2.31. The summed E-state index contributed by atoms with van der Waals surface area (Å²) in [5, 5.41) is 8.95. The molecule has 0 bridgehead atoms. The summed E-state index contributed by atoms with van der Waals surface area (Å²) in [5.74, 6) is 0.942. The first kappa shape index (κ1) is 11.7. The third kappa shape index (κ3) is 2.28. The summed E-state index contributed by atoms with van der Waals surface area (Å²) in [6, 6.07) is 11.1. The molecule has 1 saturated heterocycles. The van der Waals surface area contributed by atoms with E-state index in [1.807, 2.05) is 18.2 Å². The van der Waals surface area contributed by atoms with Gasteiger partial charge in [0.05, 0.1) is 11.6 Å². The Morgan fingerprint density at radius 3 is 3.00 bits per heavy atom. The minimum absolute atomic E-state index is 0.784. The number of likely N-dealkylation sites (tertiary alicyclic amines) is 1. The summed E-state index contributed by atoms with van der Waals surface area (Å²) in [7, 11) is 0. The van der Waals surface area contributed by atoms with Crippen molar-refractivity contribution in [3.05, 3.63) is 35.4 Å². The minimum Gasteiger partial charge on any atom is -0.296 e. The summed E-state index contributed by atoms with van der Waals surface area (Å²) in [5.41, 5.74) is 2.08. The zero-order valence-corrected chi connectivity index (χ0v) is 10.8. The Bertz CT molecular complexity index is 460. The van der Waals surface area contributed by atoms with Crippen molar-refractivity contribution in [3.8, 4) is 6.07 Å². The van der Waals surface area contributed by atoms with Crippen LogP contribution in [-0.4, -0.2) is 17.5 Å². The maximum atomic E-state index is 8.95. The fraction of sp³-hybridized carbons (Fsp3) is 0.562. The van der Waals surface area contributed by atoms with Gasteiger partial charge in [0, 0.05) is 12.6 Å². The Morgan fingerprint density at radius 1 is 1.22 bits per heavy atom. The molecular weight excluding hydrogens is 220 g/mol. The van der Waals surface area contributed by atoms with Crippen LogP contribution in [0.2, 0.25) is 0 Å². The van der Waals surface area contributed by atoms with Gasteiger partial charge in [-0.3, -0.25) is 4.90 Å². The van der Waals surface area contributed by atoms with Gasteiger partial charge in [-0.15, -0.1) is 0 Å². The Kier molecular flexibility index (Phi) is 3.34. The average molecular weight is 240 g/mol. The van der Waals surface area contributed by atoms with E-state index in [9.17, 15) is 0 Å². The molecule has 2 fully saturated rings. The number of fused-ring (bicyclic) bond motifs is 1. The fourth-order valence-corrected chi connectivity index (χ4v) is 3.67. The van der Waals surface area contributed by atoms with Gasteiger partial charge in [-0.25, -0.2) is 0 Å². The van der Waals surface area contributed by atoms with Gasteiger partial charge < -0.3 is 0 Å². The highest BCUT2D eigenvalue weighted by atomic mass is 15.2. The van der Waals surface area contributed by atoms with Gasteiger partial charge in [0.1, 0.15) is 0 Å². The van der Waals surface area contributed by atoms with Gasteiger partial charge in [-0.1, -0.05) is 25.0 Å². The van der Waals surface area contributed by atoms with Crippen molar-refractivity contribution in [1.29, 1.82) is 5.26 Å². The summed E-state index contributed by atoms with van der Waals surface area (Å²) in [4.78, 5) is 2.64. The van der Waals surface area contributed by atoms with Crippen molar-refractivity contribution in [3.63, 3.8) is 0 Å². The van der Waals surface area contributed by atoms with E-state index in [-0.39, 0.29) is 0 Å². The van der Waals surface area contributed by atoms with Crippen molar-refractivity contribution >= 4 is 0 Å². The van der Waals surface area contributed by atoms with E-state index in [2.05, 4.69) is 17.0 Å². The van der Waals surface area contributed by atoms with Gasteiger partial charge in [0.2, 0.25) is 0 Å². The lowest BCUT2D eigenvalue weighted by Crippen LogP contribution is -2.34. The van der Waals surface area contributed by atoms with Crippen LogP contribution in [0.1, 0.15) is 43.2 Å². The molecule has 2 nitrogen and oxygen atoms in total. The second-order valence-electron chi connectivity index (χ2n) is 5.68. The van der Waals surface area contributed by atoms with E-state index in [0.29, 0.717) is 0 Å². The molecule has 3 rings (SSSR count). The number of benzene rings is 1. The van der Waals surface area contributed by atoms with Crippen LogP contribution in [0.4, 0.5) is 0 Å². The quantitative estimate of drug-likeness (QED) is 0.793. The molecule has 1 aromatic carbocycles. The van der Waals surface area contributed by atoms with Crippen LogP contribution in [0.25, 0.3) is 0 Å². The van der Waals surface area contributed by atoms with Crippen LogP contribution in [0.15, 0.2) is 24.3 Å². The van der Waals surface area contributed by atoms with Crippen LogP contribution < -0.4 is 0 Å². The van der Waals surface area contributed by atoms with Gasteiger partial charge >= 0.3 is 0 Å². The molecule has 1 heterocycles. The normalized spacial score (nSPS) is 27.7. The minimum atomic E-state index is 0.784. The fourth-order valence-electron chi connectivity index (χ4n) is 3.67. The lowest BCUT2D eigenvalue weighted by molar-refractivity contribution is 0.176.